The second-order valence-corrected chi connectivity index (χ2v) is 7.52. The summed E-state index contributed by atoms with van der Waals surface area (Å²) >= 11 is 8.43. The van der Waals surface area contributed by atoms with Gasteiger partial charge in [0, 0.05) is 21.2 Å². The van der Waals surface area contributed by atoms with Gasteiger partial charge in [0.2, 0.25) is 0 Å². The summed E-state index contributed by atoms with van der Waals surface area (Å²) in [5.41, 5.74) is 0.689. The van der Waals surface area contributed by atoms with Gasteiger partial charge >= 0.3 is 0 Å². The van der Waals surface area contributed by atoms with Crippen LogP contribution in [-0.2, 0) is 7.05 Å². The van der Waals surface area contributed by atoms with Crippen molar-refractivity contribution in [2.24, 2.45) is 7.05 Å². The van der Waals surface area contributed by atoms with Crippen LogP contribution in [0.2, 0.25) is 0 Å². The molecule has 0 amide bonds. The lowest BCUT2D eigenvalue weighted by Gasteiger charge is -2.11. The molecule has 18 heavy (non-hydrogen) atoms. The summed E-state index contributed by atoms with van der Waals surface area (Å²) in [6.45, 7) is 4.16. The van der Waals surface area contributed by atoms with Crippen molar-refractivity contribution in [1.29, 1.82) is 0 Å². The van der Waals surface area contributed by atoms with E-state index >= 15 is 0 Å². The third kappa shape index (κ3) is 2.65. The summed E-state index contributed by atoms with van der Waals surface area (Å²) in [6, 6.07) is 3.71. The summed E-state index contributed by atoms with van der Waals surface area (Å²) in [5.74, 6) is 0. The molecule has 1 aromatic carbocycles. The van der Waals surface area contributed by atoms with Gasteiger partial charge in [-0.3, -0.25) is 9.36 Å². The van der Waals surface area contributed by atoms with Gasteiger partial charge in [-0.05, 0) is 28.1 Å². The van der Waals surface area contributed by atoms with E-state index in [0.717, 1.165) is 14.1 Å². The maximum Gasteiger partial charge on any atom is 0.261 e. The molecule has 96 valence electrons. The first kappa shape index (κ1) is 14.1. The Hall–Kier alpha value is -0.330. The monoisotopic (exact) mass is 390 g/mol. The first-order chi connectivity index (χ1) is 8.40. The highest BCUT2D eigenvalue weighted by Gasteiger charge is 2.12. The van der Waals surface area contributed by atoms with Gasteiger partial charge < -0.3 is 0 Å². The minimum absolute atomic E-state index is 0.0230. The van der Waals surface area contributed by atoms with Gasteiger partial charge in [-0.25, -0.2) is 4.98 Å². The molecular formula is C12H12Br2N2OS. The Balaban J connectivity index is 2.79. The van der Waals surface area contributed by atoms with Crippen molar-refractivity contribution in [3.05, 3.63) is 31.4 Å². The highest BCUT2D eigenvalue weighted by molar-refractivity contribution is 9.11. The average Bonchev–Trinajstić information content (AvgIpc) is 2.26. The molecule has 6 heteroatoms. The topological polar surface area (TPSA) is 34.9 Å². The molecule has 2 rings (SSSR count). The number of aromatic nitrogens is 2. The molecule has 1 heterocycles. The van der Waals surface area contributed by atoms with Crippen LogP contribution in [0.25, 0.3) is 10.9 Å². The van der Waals surface area contributed by atoms with Crippen LogP contribution in [0.4, 0.5) is 0 Å². The molecule has 0 unspecified atom stereocenters. The average molecular weight is 392 g/mol. The fourth-order valence-corrected chi connectivity index (χ4v) is 3.72. The van der Waals surface area contributed by atoms with Gasteiger partial charge in [-0.15, -0.1) is 0 Å². The molecule has 0 N–H and O–H groups in total. The van der Waals surface area contributed by atoms with E-state index in [1.807, 2.05) is 6.07 Å². The Morgan fingerprint density at radius 3 is 2.61 bits per heavy atom. The van der Waals surface area contributed by atoms with Crippen molar-refractivity contribution in [2.45, 2.75) is 24.3 Å². The Labute approximate surface area is 126 Å². The quantitative estimate of drug-likeness (QED) is 0.574. The number of rotatable bonds is 2. The van der Waals surface area contributed by atoms with Gasteiger partial charge in [-0.1, -0.05) is 41.5 Å². The fourth-order valence-electron chi connectivity index (χ4n) is 1.60. The first-order valence-corrected chi connectivity index (χ1v) is 7.89. The first-order valence-electron chi connectivity index (χ1n) is 5.42. The van der Waals surface area contributed by atoms with E-state index in [9.17, 15) is 4.79 Å². The van der Waals surface area contributed by atoms with Crippen molar-refractivity contribution in [2.75, 3.05) is 0 Å². The van der Waals surface area contributed by atoms with E-state index in [4.69, 9.17) is 0 Å². The molecule has 0 aliphatic carbocycles. The molecule has 0 aliphatic heterocycles. The minimum Gasteiger partial charge on any atom is -0.290 e. The standard InChI is InChI=1S/C12H12Br2N2OS/c1-6(2)18-12-15-10-8(11(17)16(12)3)4-7(13)5-9(10)14/h4-6H,1-3H3. The van der Waals surface area contributed by atoms with E-state index in [-0.39, 0.29) is 5.56 Å². The molecule has 0 atom stereocenters. The predicted octanol–water partition coefficient (Wildman–Crippen LogP) is 3.96. The van der Waals surface area contributed by atoms with E-state index in [0.29, 0.717) is 16.2 Å². The van der Waals surface area contributed by atoms with Gasteiger partial charge in [0.1, 0.15) is 0 Å². The maximum atomic E-state index is 12.3. The van der Waals surface area contributed by atoms with Crippen molar-refractivity contribution in [1.82, 2.24) is 9.55 Å². The molecular weight excluding hydrogens is 380 g/mol. The largest absolute Gasteiger partial charge is 0.290 e. The lowest BCUT2D eigenvalue weighted by molar-refractivity contribution is 0.723. The third-order valence-electron chi connectivity index (χ3n) is 2.40. The van der Waals surface area contributed by atoms with Crippen LogP contribution in [0.5, 0.6) is 0 Å². The smallest absolute Gasteiger partial charge is 0.261 e. The van der Waals surface area contributed by atoms with Crippen LogP contribution >= 0.6 is 43.6 Å². The molecule has 0 saturated carbocycles. The molecule has 0 spiro atoms. The summed E-state index contributed by atoms with van der Waals surface area (Å²) < 4.78 is 3.30. The van der Waals surface area contributed by atoms with E-state index in [1.165, 1.54) is 0 Å². The van der Waals surface area contributed by atoms with Crippen molar-refractivity contribution < 1.29 is 0 Å². The Kier molecular flexibility index (Phi) is 4.18. The fraction of sp³-hybridized carbons (Fsp3) is 0.333. The van der Waals surface area contributed by atoms with Gasteiger partial charge in [0.15, 0.2) is 5.16 Å². The summed E-state index contributed by atoms with van der Waals surface area (Å²) in [6.07, 6.45) is 0. The summed E-state index contributed by atoms with van der Waals surface area (Å²) in [4.78, 5) is 16.9. The second kappa shape index (κ2) is 5.35. The van der Waals surface area contributed by atoms with E-state index in [1.54, 1.807) is 29.4 Å². The number of hydrogen-bond donors (Lipinski definition) is 0. The van der Waals surface area contributed by atoms with Crippen molar-refractivity contribution in [3.8, 4) is 0 Å². The van der Waals surface area contributed by atoms with Crippen molar-refractivity contribution in [3.63, 3.8) is 0 Å². The Bertz CT molecular complexity index is 667. The van der Waals surface area contributed by atoms with Gasteiger partial charge in [-0.2, -0.15) is 0 Å². The molecule has 1 aromatic heterocycles. The summed E-state index contributed by atoms with van der Waals surface area (Å²) in [7, 11) is 1.76. The molecule has 0 saturated heterocycles. The van der Waals surface area contributed by atoms with Crippen LogP contribution in [0, 0.1) is 0 Å². The number of halogens is 2. The highest BCUT2D eigenvalue weighted by atomic mass is 79.9. The molecule has 0 bridgehead atoms. The van der Waals surface area contributed by atoms with Crippen LogP contribution in [0.15, 0.2) is 31.0 Å². The number of fused-ring (bicyclic) bond motifs is 1. The third-order valence-corrected chi connectivity index (χ3v) is 4.51. The zero-order valence-corrected chi connectivity index (χ0v) is 14.2. The van der Waals surface area contributed by atoms with Crippen LogP contribution in [0.1, 0.15) is 13.8 Å². The normalized spacial score (nSPS) is 11.4. The molecule has 2 aromatic rings. The Morgan fingerprint density at radius 2 is 2.00 bits per heavy atom. The number of benzene rings is 1. The molecule has 0 fully saturated rings. The van der Waals surface area contributed by atoms with Crippen LogP contribution in [-0.4, -0.2) is 14.8 Å². The lowest BCUT2D eigenvalue weighted by Crippen LogP contribution is -2.20. The van der Waals surface area contributed by atoms with Crippen molar-refractivity contribution >= 4 is 54.5 Å². The summed E-state index contributed by atoms with van der Waals surface area (Å²) in [5, 5.41) is 1.74. The van der Waals surface area contributed by atoms with Gasteiger partial charge in [0.05, 0.1) is 10.9 Å². The maximum absolute atomic E-state index is 12.3. The number of thioether (sulfide) groups is 1. The lowest BCUT2D eigenvalue weighted by atomic mass is 10.2. The second-order valence-electron chi connectivity index (χ2n) is 4.21. The van der Waals surface area contributed by atoms with Crippen LogP contribution < -0.4 is 5.56 Å². The highest BCUT2D eigenvalue weighted by Crippen LogP contribution is 2.28. The SMILES string of the molecule is CC(C)Sc1nc2c(Br)cc(Br)cc2c(=O)n1C. The molecule has 0 aliphatic rings. The zero-order chi connectivity index (χ0) is 13.4. The van der Waals surface area contributed by atoms with E-state index in [2.05, 4.69) is 50.7 Å². The predicted molar refractivity (Wildman–Crippen MR) is 83.4 cm³/mol. The zero-order valence-electron chi connectivity index (χ0n) is 10.2. The van der Waals surface area contributed by atoms with Gasteiger partial charge in [0.25, 0.3) is 5.56 Å². The number of hydrogen-bond acceptors (Lipinski definition) is 3. The number of nitrogens with zero attached hydrogens (tertiary/aromatic N) is 2. The van der Waals surface area contributed by atoms with E-state index < -0.39 is 0 Å². The minimum atomic E-state index is -0.0230. The Morgan fingerprint density at radius 1 is 1.33 bits per heavy atom. The molecule has 3 nitrogen and oxygen atoms in total. The molecule has 0 radical (unpaired) electrons. The van der Waals surface area contributed by atoms with Crippen LogP contribution in [0.3, 0.4) is 0 Å².